The number of nitrogens with zero attached hydrogens (tertiary/aromatic N) is 2. The molecule has 156 valence electrons. The van der Waals surface area contributed by atoms with Crippen molar-refractivity contribution in [3.63, 3.8) is 0 Å². The second kappa shape index (κ2) is 8.49. The SMILES string of the molecule is Cc1cc(C)c(NC(=O)CNC(=O)c2nn(C(C)C)c(=O)c3ccccc23)c(C)c1. The fraction of sp³-hybridized carbons (Fsp3) is 0.304. The second-order valence-corrected chi connectivity index (χ2v) is 7.74. The van der Waals surface area contributed by atoms with E-state index in [0.717, 1.165) is 22.4 Å². The zero-order valence-corrected chi connectivity index (χ0v) is 17.9. The highest BCUT2D eigenvalue weighted by atomic mass is 16.2. The summed E-state index contributed by atoms with van der Waals surface area (Å²) in [6.45, 7) is 9.30. The number of nitrogens with one attached hydrogen (secondary N) is 2. The quantitative estimate of drug-likeness (QED) is 0.680. The molecule has 0 aliphatic rings. The minimum atomic E-state index is -0.506. The highest BCUT2D eigenvalue weighted by Gasteiger charge is 2.18. The molecule has 1 heterocycles. The van der Waals surface area contributed by atoms with E-state index < -0.39 is 5.91 Å². The number of benzene rings is 2. The van der Waals surface area contributed by atoms with Gasteiger partial charge in [-0.2, -0.15) is 5.10 Å². The molecule has 7 heteroatoms. The Hall–Kier alpha value is -3.48. The molecule has 0 saturated carbocycles. The summed E-state index contributed by atoms with van der Waals surface area (Å²) in [4.78, 5) is 37.8. The van der Waals surface area contributed by atoms with Crippen LogP contribution in [-0.2, 0) is 4.79 Å². The van der Waals surface area contributed by atoms with Gasteiger partial charge in [0.25, 0.3) is 11.5 Å². The number of carbonyl (C=O) groups is 2. The second-order valence-electron chi connectivity index (χ2n) is 7.74. The third-order valence-electron chi connectivity index (χ3n) is 4.88. The Morgan fingerprint density at radius 3 is 2.23 bits per heavy atom. The summed E-state index contributed by atoms with van der Waals surface area (Å²) in [5.74, 6) is -0.840. The van der Waals surface area contributed by atoms with Crippen LogP contribution in [0.15, 0.2) is 41.2 Å². The minimum Gasteiger partial charge on any atom is -0.342 e. The highest BCUT2D eigenvalue weighted by Crippen LogP contribution is 2.21. The number of rotatable bonds is 5. The van der Waals surface area contributed by atoms with Gasteiger partial charge in [-0.15, -0.1) is 0 Å². The van der Waals surface area contributed by atoms with E-state index in [-0.39, 0.29) is 29.7 Å². The van der Waals surface area contributed by atoms with Crippen LogP contribution in [0.25, 0.3) is 10.8 Å². The maximum Gasteiger partial charge on any atom is 0.274 e. The van der Waals surface area contributed by atoms with Crippen molar-refractivity contribution in [3.8, 4) is 0 Å². The first-order valence-corrected chi connectivity index (χ1v) is 9.86. The summed E-state index contributed by atoms with van der Waals surface area (Å²) < 4.78 is 1.29. The first-order valence-electron chi connectivity index (χ1n) is 9.86. The monoisotopic (exact) mass is 406 g/mol. The maximum atomic E-state index is 12.8. The minimum absolute atomic E-state index is 0.120. The number of hydrogen-bond acceptors (Lipinski definition) is 4. The molecule has 1 aromatic heterocycles. The van der Waals surface area contributed by atoms with Crippen molar-refractivity contribution in [1.82, 2.24) is 15.1 Å². The van der Waals surface area contributed by atoms with Gasteiger partial charge in [0.2, 0.25) is 5.91 Å². The van der Waals surface area contributed by atoms with Crippen molar-refractivity contribution in [2.75, 3.05) is 11.9 Å². The molecule has 0 aliphatic heterocycles. The van der Waals surface area contributed by atoms with Crippen LogP contribution in [0.5, 0.6) is 0 Å². The molecule has 3 rings (SSSR count). The van der Waals surface area contributed by atoms with E-state index in [1.165, 1.54) is 4.68 Å². The Labute approximate surface area is 175 Å². The largest absolute Gasteiger partial charge is 0.342 e. The van der Waals surface area contributed by atoms with E-state index in [9.17, 15) is 14.4 Å². The highest BCUT2D eigenvalue weighted by molar-refractivity contribution is 6.06. The summed E-state index contributed by atoms with van der Waals surface area (Å²) in [5, 5.41) is 10.6. The lowest BCUT2D eigenvalue weighted by molar-refractivity contribution is -0.115. The third-order valence-corrected chi connectivity index (χ3v) is 4.88. The van der Waals surface area contributed by atoms with Gasteiger partial charge in [-0.1, -0.05) is 35.9 Å². The molecule has 2 amide bonds. The van der Waals surface area contributed by atoms with E-state index in [4.69, 9.17) is 0 Å². The van der Waals surface area contributed by atoms with Gasteiger partial charge in [-0.05, 0) is 51.8 Å². The molecule has 30 heavy (non-hydrogen) atoms. The van der Waals surface area contributed by atoms with Gasteiger partial charge in [-0.3, -0.25) is 14.4 Å². The molecule has 0 atom stereocenters. The molecule has 3 aromatic rings. The number of anilines is 1. The van der Waals surface area contributed by atoms with E-state index in [0.29, 0.717) is 10.8 Å². The van der Waals surface area contributed by atoms with E-state index in [1.807, 2.05) is 46.8 Å². The van der Waals surface area contributed by atoms with Crippen molar-refractivity contribution < 1.29 is 9.59 Å². The number of aromatic nitrogens is 2. The molecule has 0 saturated heterocycles. The van der Waals surface area contributed by atoms with E-state index >= 15 is 0 Å². The fourth-order valence-corrected chi connectivity index (χ4v) is 3.53. The standard InChI is InChI=1S/C23H26N4O3/c1-13(2)27-23(30)18-9-7-6-8-17(18)21(26-27)22(29)24-12-19(28)25-20-15(4)10-14(3)11-16(20)5/h6-11,13H,12H2,1-5H3,(H,24,29)(H,25,28). The summed E-state index contributed by atoms with van der Waals surface area (Å²) >= 11 is 0. The van der Waals surface area contributed by atoms with Crippen LogP contribution in [0, 0.1) is 20.8 Å². The predicted octanol–water partition coefficient (Wildman–Crippen LogP) is 3.27. The normalized spacial score (nSPS) is 11.0. The van der Waals surface area contributed by atoms with Crippen molar-refractivity contribution in [3.05, 3.63) is 69.1 Å². The zero-order chi connectivity index (χ0) is 22.0. The third kappa shape index (κ3) is 4.25. The number of aryl methyl sites for hydroxylation is 3. The average Bonchev–Trinajstić information content (AvgIpc) is 2.69. The number of carbonyl (C=O) groups excluding carboxylic acids is 2. The molecule has 0 radical (unpaired) electrons. The van der Waals surface area contributed by atoms with Gasteiger partial charge in [0.1, 0.15) is 0 Å². The smallest absolute Gasteiger partial charge is 0.274 e. The zero-order valence-electron chi connectivity index (χ0n) is 17.9. The lowest BCUT2D eigenvalue weighted by atomic mass is 10.1. The van der Waals surface area contributed by atoms with Crippen molar-refractivity contribution in [1.29, 1.82) is 0 Å². The summed E-state index contributed by atoms with van der Waals surface area (Å²) in [6.07, 6.45) is 0. The summed E-state index contributed by atoms with van der Waals surface area (Å²) in [7, 11) is 0. The first-order chi connectivity index (χ1) is 14.2. The lowest BCUT2D eigenvalue weighted by Gasteiger charge is -2.14. The van der Waals surface area contributed by atoms with Gasteiger partial charge in [0.15, 0.2) is 5.69 Å². The Kier molecular flexibility index (Phi) is 6.01. The van der Waals surface area contributed by atoms with Crippen LogP contribution in [0.4, 0.5) is 5.69 Å². The molecule has 7 nitrogen and oxygen atoms in total. The van der Waals surface area contributed by atoms with Gasteiger partial charge < -0.3 is 10.6 Å². The van der Waals surface area contributed by atoms with Crippen LogP contribution in [0.2, 0.25) is 0 Å². The summed E-state index contributed by atoms with van der Waals surface area (Å²) in [6, 6.07) is 10.6. The lowest BCUT2D eigenvalue weighted by Crippen LogP contribution is -2.36. The maximum absolute atomic E-state index is 12.8. The van der Waals surface area contributed by atoms with Crippen LogP contribution in [0.1, 0.15) is 47.1 Å². The Morgan fingerprint density at radius 2 is 1.63 bits per heavy atom. The van der Waals surface area contributed by atoms with Crippen molar-refractivity contribution in [2.45, 2.75) is 40.7 Å². The van der Waals surface area contributed by atoms with Crippen LogP contribution >= 0.6 is 0 Å². The Bertz CT molecular complexity index is 1170. The molecule has 0 unspecified atom stereocenters. The first kappa shape index (κ1) is 21.2. The topological polar surface area (TPSA) is 93.1 Å². The van der Waals surface area contributed by atoms with Gasteiger partial charge in [0, 0.05) is 11.1 Å². The molecular weight excluding hydrogens is 380 g/mol. The van der Waals surface area contributed by atoms with Crippen molar-refractivity contribution >= 4 is 28.3 Å². The van der Waals surface area contributed by atoms with Gasteiger partial charge >= 0.3 is 0 Å². The molecule has 2 aromatic carbocycles. The average molecular weight is 406 g/mol. The Balaban J connectivity index is 1.82. The molecule has 0 bridgehead atoms. The number of fused-ring (bicyclic) bond motifs is 1. The Morgan fingerprint density at radius 1 is 1.03 bits per heavy atom. The van der Waals surface area contributed by atoms with Crippen molar-refractivity contribution in [2.24, 2.45) is 0 Å². The summed E-state index contributed by atoms with van der Waals surface area (Å²) in [5.41, 5.74) is 3.66. The number of hydrogen-bond donors (Lipinski definition) is 2. The molecular formula is C23H26N4O3. The fourth-order valence-electron chi connectivity index (χ4n) is 3.53. The molecule has 0 fully saturated rings. The molecule has 2 N–H and O–H groups in total. The molecule has 0 spiro atoms. The van der Waals surface area contributed by atoms with Crippen LogP contribution < -0.4 is 16.2 Å². The van der Waals surface area contributed by atoms with Crippen LogP contribution in [-0.4, -0.2) is 28.1 Å². The molecule has 0 aliphatic carbocycles. The predicted molar refractivity (Wildman–Crippen MR) is 118 cm³/mol. The van der Waals surface area contributed by atoms with Gasteiger partial charge in [-0.25, -0.2) is 4.68 Å². The van der Waals surface area contributed by atoms with E-state index in [1.54, 1.807) is 24.3 Å². The number of amides is 2. The van der Waals surface area contributed by atoms with E-state index in [2.05, 4.69) is 15.7 Å². The van der Waals surface area contributed by atoms with Crippen LogP contribution in [0.3, 0.4) is 0 Å². The van der Waals surface area contributed by atoms with Gasteiger partial charge in [0.05, 0.1) is 18.0 Å².